The Balaban J connectivity index is 1.70. The first-order chi connectivity index (χ1) is 23.2. The summed E-state index contributed by atoms with van der Waals surface area (Å²) in [5.41, 5.74) is 7.78. The number of nitrogens with one attached hydrogen (secondary N) is 4. The van der Waals surface area contributed by atoms with Crippen molar-refractivity contribution in [2.45, 2.75) is 63.7 Å². The summed E-state index contributed by atoms with van der Waals surface area (Å²) in [6.45, 7) is 3.19. The number of carboxylic acids is 1. The number of aliphatic carboxylic acids is 1. The number of hydrogen-bond donors (Lipinski definition) is 9. The Kier molecular flexibility index (Phi) is 13.9. The minimum absolute atomic E-state index is 0.00375. The number of benzene rings is 3. The van der Waals surface area contributed by atoms with Crippen LogP contribution in [0.15, 0.2) is 72.8 Å². The first-order valence-electron chi connectivity index (χ1n) is 15.7. The van der Waals surface area contributed by atoms with Crippen molar-refractivity contribution in [2.75, 3.05) is 6.54 Å². The number of carboxylic acid groups (broad SMARTS) is 1. The highest BCUT2D eigenvalue weighted by Crippen LogP contribution is 2.15. The van der Waals surface area contributed by atoms with Gasteiger partial charge < -0.3 is 47.4 Å². The van der Waals surface area contributed by atoms with Crippen LogP contribution in [-0.4, -0.2) is 80.7 Å². The standard InChI is InChI=1S/C35H43N5O9/c1-20(2)15-28(38-31(44)19-37-32(45)27(36)16-21-3-9-24(41)10-4-21)33(46)39-29(17-22-5-11-25(42)12-6-22)34(47)40-30(35(48)49)18-23-7-13-26(43)14-8-23/h3-14,20,27-30,41-43H,15-19,36H2,1-2H3,(H,37,45)(H,38,44)(H,39,46)(H,40,47)(H,48,49)/t27-,28-,29-,30-/m0/s1. The number of nitrogens with two attached hydrogens (primary N) is 1. The van der Waals surface area contributed by atoms with Crippen molar-refractivity contribution in [2.24, 2.45) is 11.7 Å². The van der Waals surface area contributed by atoms with Crippen molar-refractivity contribution in [1.29, 1.82) is 0 Å². The quantitative estimate of drug-likeness (QED) is 0.0976. The summed E-state index contributed by atoms with van der Waals surface area (Å²) in [7, 11) is 0. The summed E-state index contributed by atoms with van der Waals surface area (Å²) in [5.74, 6) is -4.11. The predicted octanol–water partition coefficient (Wildman–Crippen LogP) is 0.860. The second-order valence-corrected chi connectivity index (χ2v) is 12.1. The van der Waals surface area contributed by atoms with Crippen molar-refractivity contribution < 1.29 is 44.4 Å². The highest BCUT2D eigenvalue weighted by molar-refractivity contribution is 5.94. The Hall–Kier alpha value is -5.63. The maximum atomic E-state index is 13.6. The van der Waals surface area contributed by atoms with E-state index < -0.39 is 60.3 Å². The Labute approximate surface area is 283 Å². The zero-order chi connectivity index (χ0) is 36.1. The predicted molar refractivity (Wildman–Crippen MR) is 179 cm³/mol. The molecule has 10 N–H and O–H groups in total. The molecule has 0 aliphatic rings. The number of carbonyl (C=O) groups excluding carboxylic acids is 4. The van der Waals surface area contributed by atoms with Gasteiger partial charge in [-0.3, -0.25) is 19.2 Å². The maximum absolute atomic E-state index is 13.6. The van der Waals surface area contributed by atoms with E-state index in [0.717, 1.165) is 0 Å². The largest absolute Gasteiger partial charge is 0.508 e. The zero-order valence-electron chi connectivity index (χ0n) is 27.3. The van der Waals surface area contributed by atoms with Gasteiger partial charge in [-0.25, -0.2) is 4.79 Å². The van der Waals surface area contributed by atoms with Gasteiger partial charge in [0.15, 0.2) is 0 Å². The van der Waals surface area contributed by atoms with Gasteiger partial charge in [0.25, 0.3) is 0 Å². The summed E-state index contributed by atoms with van der Waals surface area (Å²) in [6, 6.07) is 13.2. The second kappa shape index (κ2) is 18.1. The van der Waals surface area contributed by atoms with E-state index in [1.54, 1.807) is 24.3 Å². The number of phenolic OH excluding ortho intramolecular Hbond substituents is 3. The number of carbonyl (C=O) groups is 5. The molecule has 14 nitrogen and oxygen atoms in total. The molecule has 49 heavy (non-hydrogen) atoms. The van der Waals surface area contributed by atoms with Crippen LogP contribution >= 0.6 is 0 Å². The van der Waals surface area contributed by atoms with Crippen LogP contribution in [-0.2, 0) is 43.2 Å². The molecule has 262 valence electrons. The fourth-order valence-electron chi connectivity index (χ4n) is 4.91. The van der Waals surface area contributed by atoms with E-state index in [9.17, 15) is 44.4 Å². The van der Waals surface area contributed by atoms with Crippen molar-refractivity contribution in [3.8, 4) is 17.2 Å². The van der Waals surface area contributed by atoms with Gasteiger partial charge in [0.05, 0.1) is 12.6 Å². The normalized spacial score (nSPS) is 13.4. The van der Waals surface area contributed by atoms with Gasteiger partial charge in [-0.2, -0.15) is 0 Å². The minimum atomic E-state index is -1.37. The molecule has 0 heterocycles. The van der Waals surface area contributed by atoms with Crippen LogP contribution < -0.4 is 27.0 Å². The number of rotatable bonds is 17. The van der Waals surface area contributed by atoms with E-state index in [-0.39, 0.29) is 48.8 Å². The Morgan fingerprint density at radius 1 is 0.592 bits per heavy atom. The molecule has 0 spiro atoms. The van der Waals surface area contributed by atoms with E-state index in [0.29, 0.717) is 16.7 Å². The molecule has 0 aromatic heterocycles. The molecular formula is C35H43N5O9. The Bertz CT molecular complexity index is 1580. The smallest absolute Gasteiger partial charge is 0.326 e. The molecule has 0 aliphatic heterocycles. The van der Waals surface area contributed by atoms with Crippen molar-refractivity contribution in [3.05, 3.63) is 89.5 Å². The van der Waals surface area contributed by atoms with Gasteiger partial charge in [0, 0.05) is 12.8 Å². The van der Waals surface area contributed by atoms with Crippen LogP contribution in [0.3, 0.4) is 0 Å². The van der Waals surface area contributed by atoms with Gasteiger partial charge in [0.2, 0.25) is 23.6 Å². The first kappa shape index (κ1) is 37.8. The Morgan fingerprint density at radius 2 is 1.00 bits per heavy atom. The van der Waals surface area contributed by atoms with Crippen molar-refractivity contribution in [3.63, 3.8) is 0 Å². The third kappa shape index (κ3) is 12.8. The molecule has 3 aromatic carbocycles. The van der Waals surface area contributed by atoms with Crippen LogP contribution in [0, 0.1) is 5.92 Å². The molecule has 4 amide bonds. The summed E-state index contributed by atoms with van der Waals surface area (Å²) in [4.78, 5) is 64.6. The summed E-state index contributed by atoms with van der Waals surface area (Å²) in [6.07, 6.45) is 0.171. The lowest BCUT2D eigenvalue weighted by molar-refractivity contribution is -0.142. The highest BCUT2D eigenvalue weighted by atomic mass is 16.4. The molecule has 3 rings (SSSR count). The molecule has 4 atom stereocenters. The number of aromatic hydroxyl groups is 3. The van der Waals surface area contributed by atoms with Gasteiger partial charge in [-0.1, -0.05) is 50.2 Å². The fraction of sp³-hybridized carbons (Fsp3) is 0.343. The minimum Gasteiger partial charge on any atom is -0.508 e. The Morgan fingerprint density at radius 3 is 1.45 bits per heavy atom. The van der Waals surface area contributed by atoms with E-state index in [2.05, 4.69) is 21.3 Å². The summed E-state index contributed by atoms with van der Waals surface area (Å²) < 4.78 is 0. The van der Waals surface area contributed by atoms with E-state index >= 15 is 0 Å². The lowest BCUT2D eigenvalue weighted by Gasteiger charge is -2.25. The van der Waals surface area contributed by atoms with Crippen LogP contribution in [0.1, 0.15) is 37.0 Å². The summed E-state index contributed by atoms with van der Waals surface area (Å²) in [5, 5.41) is 48.7. The molecule has 14 heteroatoms. The summed E-state index contributed by atoms with van der Waals surface area (Å²) >= 11 is 0. The third-order valence-corrected chi connectivity index (χ3v) is 7.51. The molecule has 0 fully saturated rings. The second-order valence-electron chi connectivity index (χ2n) is 12.1. The number of phenols is 3. The molecule has 0 aliphatic carbocycles. The van der Waals surface area contributed by atoms with Crippen LogP contribution in [0.25, 0.3) is 0 Å². The third-order valence-electron chi connectivity index (χ3n) is 7.51. The average Bonchev–Trinajstić information content (AvgIpc) is 3.05. The van der Waals surface area contributed by atoms with E-state index in [4.69, 9.17) is 5.73 Å². The van der Waals surface area contributed by atoms with Crippen molar-refractivity contribution in [1.82, 2.24) is 21.3 Å². The van der Waals surface area contributed by atoms with Crippen LogP contribution in [0.4, 0.5) is 0 Å². The molecule has 0 bridgehead atoms. The van der Waals surface area contributed by atoms with E-state index in [1.807, 2.05) is 13.8 Å². The molecule has 3 aromatic rings. The van der Waals surface area contributed by atoms with Gasteiger partial charge in [-0.05, 0) is 71.8 Å². The lowest BCUT2D eigenvalue weighted by Crippen LogP contribution is -2.57. The highest BCUT2D eigenvalue weighted by Gasteiger charge is 2.30. The number of hydrogen-bond acceptors (Lipinski definition) is 9. The monoisotopic (exact) mass is 677 g/mol. The van der Waals surface area contributed by atoms with Crippen molar-refractivity contribution >= 4 is 29.6 Å². The van der Waals surface area contributed by atoms with Gasteiger partial charge >= 0.3 is 5.97 Å². The number of amides is 4. The topological polar surface area (TPSA) is 240 Å². The van der Waals surface area contributed by atoms with Crippen LogP contribution in [0.5, 0.6) is 17.2 Å². The van der Waals surface area contributed by atoms with E-state index in [1.165, 1.54) is 48.5 Å². The molecule has 0 saturated carbocycles. The van der Waals surface area contributed by atoms with Gasteiger partial charge in [0.1, 0.15) is 35.4 Å². The molecule has 0 saturated heterocycles. The first-order valence-corrected chi connectivity index (χ1v) is 15.7. The molecule has 0 radical (unpaired) electrons. The maximum Gasteiger partial charge on any atom is 0.326 e. The zero-order valence-corrected chi connectivity index (χ0v) is 27.3. The SMILES string of the molecule is CC(C)C[C@H](NC(=O)CNC(=O)[C@@H](N)Cc1ccc(O)cc1)C(=O)N[C@@H](Cc1ccc(O)cc1)C(=O)N[C@@H](Cc1ccc(O)cc1)C(=O)O. The van der Waals surface area contributed by atoms with Gasteiger partial charge in [-0.15, -0.1) is 0 Å². The lowest BCUT2D eigenvalue weighted by atomic mass is 10.00. The average molecular weight is 678 g/mol. The fourth-order valence-corrected chi connectivity index (χ4v) is 4.91. The molecular weight excluding hydrogens is 634 g/mol. The van der Waals surface area contributed by atoms with Crippen LogP contribution in [0.2, 0.25) is 0 Å². The molecule has 0 unspecified atom stereocenters.